The highest BCUT2D eigenvalue weighted by molar-refractivity contribution is 8.14. The summed E-state index contributed by atoms with van der Waals surface area (Å²) in [5.74, 6) is 0.537. The number of anilines is 2. The van der Waals surface area contributed by atoms with E-state index in [1.165, 1.54) is 16.7 Å². The predicted molar refractivity (Wildman–Crippen MR) is 160 cm³/mol. The summed E-state index contributed by atoms with van der Waals surface area (Å²) in [5, 5.41) is 9.95. The van der Waals surface area contributed by atoms with Crippen molar-refractivity contribution in [3.8, 4) is 0 Å². The van der Waals surface area contributed by atoms with Gasteiger partial charge in [-0.15, -0.1) is 0 Å². The topological polar surface area (TPSA) is 126 Å². The lowest BCUT2D eigenvalue weighted by atomic mass is 10.1. The van der Waals surface area contributed by atoms with Crippen LogP contribution in [-0.4, -0.2) is 86.7 Å². The molecule has 0 aliphatic carbocycles. The summed E-state index contributed by atoms with van der Waals surface area (Å²) in [6.07, 6.45) is 0.550. The number of aromatic amines is 1. The molecule has 0 unspecified atom stereocenters. The van der Waals surface area contributed by atoms with E-state index in [0.29, 0.717) is 42.0 Å². The number of aliphatic imine (C=N–C) groups is 2. The fraction of sp³-hybridized carbons (Fsp3) is 0.310. The SMILES string of the molecule is Cc1cc(NC(=O)CSC2=Nc3ccccc3C3=N[C@@H](CCC(=O)N4CCN(c5ccccc5)CC4)C(=O)N23)n[nH]1. The lowest BCUT2D eigenvalue weighted by Crippen LogP contribution is -2.49. The number of hydrogen-bond donors (Lipinski definition) is 2. The fourth-order valence-electron chi connectivity index (χ4n) is 5.15. The number of piperazine rings is 1. The summed E-state index contributed by atoms with van der Waals surface area (Å²) in [6.45, 7) is 4.69. The van der Waals surface area contributed by atoms with Crippen molar-refractivity contribution >= 4 is 57.7 Å². The van der Waals surface area contributed by atoms with Gasteiger partial charge in [0.15, 0.2) is 11.0 Å². The van der Waals surface area contributed by atoms with Crippen LogP contribution in [-0.2, 0) is 14.4 Å². The van der Waals surface area contributed by atoms with Crippen molar-refractivity contribution in [3.05, 3.63) is 71.9 Å². The molecule has 1 fully saturated rings. The lowest BCUT2D eigenvalue weighted by molar-refractivity contribution is -0.132. The molecule has 3 aliphatic rings. The van der Waals surface area contributed by atoms with Crippen molar-refractivity contribution in [2.24, 2.45) is 9.98 Å². The zero-order valence-electron chi connectivity index (χ0n) is 22.6. The molecule has 3 aliphatic heterocycles. The van der Waals surface area contributed by atoms with Crippen molar-refractivity contribution in [2.45, 2.75) is 25.8 Å². The summed E-state index contributed by atoms with van der Waals surface area (Å²) in [6, 6.07) is 18.7. The quantitative estimate of drug-likeness (QED) is 0.449. The lowest BCUT2D eigenvalue weighted by Gasteiger charge is -2.36. The van der Waals surface area contributed by atoms with Crippen LogP contribution in [0.2, 0.25) is 0 Å². The van der Waals surface area contributed by atoms with Crippen LogP contribution in [0.4, 0.5) is 17.2 Å². The number of carbonyl (C=O) groups is 3. The van der Waals surface area contributed by atoms with Gasteiger partial charge in [-0.05, 0) is 37.6 Å². The molecule has 1 saturated heterocycles. The molecule has 3 amide bonds. The molecule has 1 atom stereocenters. The summed E-state index contributed by atoms with van der Waals surface area (Å²) in [4.78, 5) is 54.3. The van der Waals surface area contributed by atoms with Crippen molar-refractivity contribution in [1.82, 2.24) is 20.0 Å². The molecule has 210 valence electrons. The number of nitrogens with zero attached hydrogens (tertiary/aromatic N) is 6. The highest BCUT2D eigenvalue weighted by atomic mass is 32.2. The Morgan fingerprint density at radius 1 is 1.05 bits per heavy atom. The zero-order valence-corrected chi connectivity index (χ0v) is 23.4. The molecule has 41 heavy (non-hydrogen) atoms. The third-order valence-corrected chi connectivity index (χ3v) is 8.18. The van der Waals surface area contributed by atoms with Gasteiger partial charge in [0.2, 0.25) is 11.8 Å². The van der Waals surface area contributed by atoms with Gasteiger partial charge in [-0.25, -0.2) is 9.89 Å². The number of fused-ring (bicyclic) bond motifs is 3. The molecule has 0 saturated carbocycles. The van der Waals surface area contributed by atoms with Crippen molar-refractivity contribution in [2.75, 3.05) is 42.1 Å². The minimum atomic E-state index is -0.683. The minimum absolute atomic E-state index is 0.0320. The van der Waals surface area contributed by atoms with Gasteiger partial charge < -0.3 is 15.1 Å². The Bertz CT molecular complexity index is 1530. The number of nitrogens with one attached hydrogen (secondary N) is 2. The summed E-state index contributed by atoms with van der Waals surface area (Å²) >= 11 is 1.17. The van der Waals surface area contributed by atoms with E-state index < -0.39 is 6.04 Å². The van der Waals surface area contributed by atoms with E-state index in [1.807, 2.05) is 54.3 Å². The Balaban J connectivity index is 1.09. The van der Waals surface area contributed by atoms with Gasteiger partial charge in [0.1, 0.15) is 11.9 Å². The van der Waals surface area contributed by atoms with E-state index in [1.54, 1.807) is 6.07 Å². The smallest absolute Gasteiger partial charge is 0.259 e. The van der Waals surface area contributed by atoms with Crippen LogP contribution in [0.15, 0.2) is 70.6 Å². The Morgan fingerprint density at radius 3 is 2.56 bits per heavy atom. The van der Waals surface area contributed by atoms with Crippen LogP contribution in [0, 0.1) is 6.92 Å². The number of hydrogen-bond acceptors (Lipinski definition) is 8. The van der Waals surface area contributed by atoms with Crippen LogP contribution in [0.25, 0.3) is 0 Å². The molecule has 4 heterocycles. The Morgan fingerprint density at radius 2 is 1.80 bits per heavy atom. The van der Waals surface area contributed by atoms with Crippen LogP contribution < -0.4 is 10.2 Å². The molecule has 0 radical (unpaired) electrons. The maximum absolute atomic E-state index is 13.6. The predicted octanol–water partition coefficient (Wildman–Crippen LogP) is 3.18. The van der Waals surface area contributed by atoms with Gasteiger partial charge in [0.05, 0.1) is 11.4 Å². The summed E-state index contributed by atoms with van der Waals surface area (Å²) in [7, 11) is 0. The third kappa shape index (κ3) is 5.73. The highest BCUT2D eigenvalue weighted by Crippen LogP contribution is 2.34. The molecule has 0 bridgehead atoms. The first kappa shape index (κ1) is 26.8. The van der Waals surface area contributed by atoms with Gasteiger partial charge >= 0.3 is 0 Å². The molecule has 12 heteroatoms. The summed E-state index contributed by atoms with van der Waals surface area (Å²) in [5.41, 5.74) is 3.44. The zero-order chi connectivity index (χ0) is 28.3. The first-order valence-corrected chi connectivity index (χ1v) is 14.6. The number of aromatic nitrogens is 2. The Kier molecular flexibility index (Phi) is 7.55. The van der Waals surface area contributed by atoms with Crippen LogP contribution in [0.5, 0.6) is 0 Å². The molecule has 0 spiro atoms. The highest BCUT2D eigenvalue weighted by Gasteiger charge is 2.41. The molecule has 2 aromatic carbocycles. The number of rotatable bonds is 7. The number of amides is 3. The second-order valence-electron chi connectivity index (χ2n) is 10.1. The number of carbonyl (C=O) groups excluding carboxylic acids is 3. The molecule has 3 aromatic rings. The van der Waals surface area contributed by atoms with Crippen molar-refractivity contribution in [1.29, 1.82) is 0 Å². The average molecular weight is 571 g/mol. The monoisotopic (exact) mass is 570 g/mol. The van der Waals surface area contributed by atoms with Crippen LogP contribution in [0.3, 0.4) is 0 Å². The molecule has 6 rings (SSSR count). The number of H-pyrrole nitrogens is 1. The minimum Gasteiger partial charge on any atom is -0.368 e. The number of benzene rings is 2. The standard InChI is InChI=1S/C29H30N8O3S/c1-19-17-24(34-33-19)32-25(38)18-41-29-31-22-10-6-5-9-21(22)27-30-23(28(40)37(27)29)11-12-26(39)36-15-13-35(14-16-36)20-7-3-2-4-8-20/h2-10,17,23H,11-16,18H2,1H3,(H2,32,33,34,38)/t23-/m0/s1. The van der Waals surface area contributed by atoms with Gasteiger partial charge in [-0.1, -0.05) is 42.1 Å². The fourth-order valence-corrected chi connectivity index (χ4v) is 5.95. The van der Waals surface area contributed by atoms with Crippen molar-refractivity contribution in [3.63, 3.8) is 0 Å². The van der Waals surface area contributed by atoms with E-state index in [-0.39, 0.29) is 29.9 Å². The maximum atomic E-state index is 13.6. The molecule has 11 nitrogen and oxygen atoms in total. The number of amidine groups is 2. The van der Waals surface area contributed by atoms with E-state index in [2.05, 4.69) is 37.5 Å². The third-order valence-electron chi connectivity index (χ3n) is 7.24. The van der Waals surface area contributed by atoms with Gasteiger partial charge in [-0.3, -0.25) is 24.5 Å². The van der Waals surface area contributed by atoms with E-state index in [4.69, 9.17) is 4.99 Å². The average Bonchev–Trinajstić information content (AvgIpc) is 3.57. The van der Waals surface area contributed by atoms with Gasteiger partial charge in [-0.2, -0.15) is 5.10 Å². The second kappa shape index (κ2) is 11.6. The van der Waals surface area contributed by atoms with E-state index in [0.717, 1.165) is 30.0 Å². The van der Waals surface area contributed by atoms with E-state index >= 15 is 0 Å². The molecule has 2 N–H and O–H groups in total. The number of para-hydroxylation sites is 2. The number of aryl methyl sites for hydroxylation is 1. The van der Waals surface area contributed by atoms with Gasteiger partial charge in [0, 0.05) is 55.6 Å². The van der Waals surface area contributed by atoms with Crippen LogP contribution >= 0.6 is 11.8 Å². The Labute approximate surface area is 241 Å². The van der Waals surface area contributed by atoms with E-state index in [9.17, 15) is 14.4 Å². The summed E-state index contributed by atoms with van der Waals surface area (Å²) < 4.78 is 0. The molecular weight excluding hydrogens is 540 g/mol. The number of thioether (sulfide) groups is 1. The largest absolute Gasteiger partial charge is 0.368 e. The molecule has 1 aromatic heterocycles. The van der Waals surface area contributed by atoms with Crippen molar-refractivity contribution < 1.29 is 14.4 Å². The first-order valence-electron chi connectivity index (χ1n) is 13.6. The normalized spacial score (nSPS) is 18.0. The second-order valence-corrected chi connectivity index (χ2v) is 11.0. The first-order chi connectivity index (χ1) is 20.0. The maximum Gasteiger partial charge on any atom is 0.259 e. The van der Waals surface area contributed by atoms with Gasteiger partial charge in [0.25, 0.3) is 5.91 Å². The Hall–Kier alpha value is -4.45. The van der Waals surface area contributed by atoms with Crippen LogP contribution in [0.1, 0.15) is 24.1 Å². The molecular formula is C29H30N8O3S.